The summed E-state index contributed by atoms with van der Waals surface area (Å²) in [5.74, 6) is 0.582. The summed E-state index contributed by atoms with van der Waals surface area (Å²) >= 11 is 0. The highest BCUT2D eigenvalue weighted by molar-refractivity contribution is 5.99. The van der Waals surface area contributed by atoms with Gasteiger partial charge in [-0.25, -0.2) is 4.79 Å². The van der Waals surface area contributed by atoms with Gasteiger partial charge < -0.3 is 9.47 Å². The highest BCUT2D eigenvalue weighted by atomic mass is 16.6. The molecule has 0 radical (unpaired) electrons. The topological polar surface area (TPSA) is 64.6 Å². The Hall–Kier alpha value is -2.04. The third-order valence-corrected chi connectivity index (χ3v) is 3.49. The lowest BCUT2D eigenvalue weighted by Crippen LogP contribution is -2.24. The van der Waals surface area contributed by atoms with Gasteiger partial charge in [-0.15, -0.1) is 0 Å². The number of carbonyl (C=O) groups is 2. The summed E-state index contributed by atoms with van der Waals surface area (Å²) in [6.07, 6.45) is 3.49. The molecule has 0 saturated carbocycles. The first-order chi connectivity index (χ1) is 10.5. The number of carbonyl (C=O) groups excluding carboxylic acids is 2. The maximum Gasteiger partial charge on any atom is 0.414 e. The molecular weight excluding hydrogens is 282 g/mol. The van der Waals surface area contributed by atoms with Crippen molar-refractivity contribution >= 4 is 12.0 Å². The molecule has 1 N–H and O–H groups in total. The molecule has 1 unspecified atom stereocenters. The highest BCUT2D eigenvalue weighted by Crippen LogP contribution is 2.17. The number of hydrogen-bond acceptors (Lipinski definition) is 4. The number of imide groups is 1. The summed E-state index contributed by atoms with van der Waals surface area (Å²) in [7, 11) is 0. The fourth-order valence-corrected chi connectivity index (χ4v) is 2.43. The Bertz CT molecular complexity index is 510. The van der Waals surface area contributed by atoms with Crippen LogP contribution in [0.2, 0.25) is 0 Å². The van der Waals surface area contributed by atoms with Crippen LogP contribution in [-0.2, 0) is 16.0 Å². The molecule has 1 aliphatic heterocycles. The summed E-state index contributed by atoms with van der Waals surface area (Å²) < 4.78 is 10.5. The lowest BCUT2D eigenvalue weighted by atomic mass is 10.0. The van der Waals surface area contributed by atoms with Crippen LogP contribution >= 0.6 is 0 Å². The van der Waals surface area contributed by atoms with Crippen LogP contribution in [0.4, 0.5) is 4.79 Å². The van der Waals surface area contributed by atoms with Crippen molar-refractivity contribution in [1.82, 2.24) is 5.32 Å². The molecule has 1 aliphatic rings. The van der Waals surface area contributed by atoms with E-state index in [1.807, 2.05) is 26.0 Å². The smallest absolute Gasteiger partial charge is 0.414 e. The minimum Gasteiger partial charge on any atom is -0.491 e. The number of rotatable bonds is 8. The molecule has 22 heavy (non-hydrogen) atoms. The Balaban J connectivity index is 1.62. The first-order valence-electron chi connectivity index (χ1n) is 7.81. The molecule has 0 bridgehead atoms. The molecule has 1 saturated heterocycles. The molecule has 1 aromatic rings. The molecule has 1 aromatic carbocycles. The van der Waals surface area contributed by atoms with Gasteiger partial charge in [0.05, 0.1) is 6.10 Å². The van der Waals surface area contributed by atoms with Crippen LogP contribution in [0.1, 0.15) is 45.1 Å². The first-order valence-corrected chi connectivity index (χ1v) is 7.81. The number of ether oxygens (including phenoxy) is 2. The molecular formula is C17H23NO4. The van der Waals surface area contributed by atoms with Crippen molar-refractivity contribution in [3.8, 4) is 5.75 Å². The highest BCUT2D eigenvalue weighted by Gasteiger charge is 2.31. The maximum absolute atomic E-state index is 11.3. The molecule has 0 spiro atoms. The Labute approximate surface area is 131 Å². The lowest BCUT2D eigenvalue weighted by Gasteiger charge is -2.10. The van der Waals surface area contributed by atoms with Crippen LogP contribution in [0.5, 0.6) is 5.75 Å². The van der Waals surface area contributed by atoms with Crippen LogP contribution in [0.25, 0.3) is 0 Å². The van der Waals surface area contributed by atoms with E-state index in [0.717, 1.165) is 31.4 Å². The van der Waals surface area contributed by atoms with Gasteiger partial charge in [0, 0.05) is 0 Å². The van der Waals surface area contributed by atoms with E-state index in [4.69, 9.17) is 9.47 Å². The van der Waals surface area contributed by atoms with Crippen LogP contribution in [0.3, 0.4) is 0 Å². The Kier molecular flexibility index (Phi) is 5.81. The molecule has 0 aliphatic carbocycles. The molecule has 1 atom stereocenters. The number of amides is 2. The zero-order valence-electron chi connectivity index (χ0n) is 13.1. The molecule has 1 heterocycles. The van der Waals surface area contributed by atoms with Crippen molar-refractivity contribution in [2.45, 2.75) is 58.2 Å². The van der Waals surface area contributed by atoms with E-state index in [-0.39, 0.29) is 12.0 Å². The van der Waals surface area contributed by atoms with Crippen LogP contribution in [0.15, 0.2) is 24.3 Å². The molecule has 1 fully saturated rings. The Morgan fingerprint density at radius 2 is 1.86 bits per heavy atom. The number of hydrogen-bond donors (Lipinski definition) is 1. The third-order valence-electron chi connectivity index (χ3n) is 3.49. The number of alkyl carbamates (subject to hydrolysis) is 1. The molecule has 5 nitrogen and oxygen atoms in total. The Morgan fingerprint density at radius 1 is 1.14 bits per heavy atom. The summed E-state index contributed by atoms with van der Waals surface area (Å²) in [4.78, 5) is 22.2. The predicted octanol–water partition coefficient (Wildman–Crippen LogP) is 3.21. The van der Waals surface area contributed by atoms with E-state index in [1.165, 1.54) is 5.56 Å². The van der Waals surface area contributed by atoms with Crippen LogP contribution in [-0.4, -0.2) is 24.2 Å². The van der Waals surface area contributed by atoms with E-state index >= 15 is 0 Å². The van der Waals surface area contributed by atoms with Gasteiger partial charge in [0.15, 0.2) is 6.10 Å². The van der Waals surface area contributed by atoms with Crippen LogP contribution in [0, 0.1) is 0 Å². The van der Waals surface area contributed by atoms with E-state index in [1.54, 1.807) is 0 Å². The van der Waals surface area contributed by atoms with E-state index in [9.17, 15) is 9.59 Å². The Morgan fingerprint density at radius 3 is 2.45 bits per heavy atom. The van der Waals surface area contributed by atoms with Gasteiger partial charge in [-0.2, -0.15) is 0 Å². The second-order valence-electron chi connectivity index (χ2n) is 5.79. The maximum atomic E-state index is 11.3. The fraction of sp³-hybridized carbons (Fsp3) is 0.529. The van der Waals surface area contributed by atoms with Gasteiger partial charge in [0.25, 0.3) is 5.91 Å². The molecule has 0 aromatic heterocycles. The number of nitrogens with one attached hydrogen (secondary N) is 1. The second kappa shape index (κ2) is 7.82. The molecule has 2 rings (SSSR count). The minimum absolute atomic E-state index is 0.188. The van der Waals surface area contributed by atoms with Crippen molar-refractivity contribution in [3.05, 3.63) is 29.8 Å². The summed E-state index contributed by atoms with van der Waals surface area (Å²) in [6, 6.07) is 8.17. The number of benzene rings is 1. The van der Waals surface area contributed by atoms with E-state index < -0.39 is 12.2 Å². The molecule has 2 amide bonds. The summed E-state index contributed by atoms with van der Waals surface area (Å²) in [5, 5.41) is 2.14. The van der Waals surface area contributed by atoms with Crippen molar-refractivity contribution in [2.75, 3.05) is 0 Å². The van der Waals surface area contributed by atoms with Gasteiger partial charge in [-0.3, -0.25) is 10.1 Å². The number of cyclic esters (lactones) is 1. The van der Waals surface area contributed by atoms with Gasteiger partial charge in [-0.1, -0.05) is 18.6 Å². The average molecular weight is 305 g/mol. The van der Waals surface area contributed by atoms with Crippen molar-refractivity contribution in [2.24, 2.45) is 0 Å². The normalized spacial score (nSPS) is 17.5. The van der Waals surface area contributed by atoms with Crippen molar-refractivity contribution < 1.29 is 19.1 Å². The molecule has 5 heteroatoms. The minimum atomic E-state index is -0.626. The third kappa shape index (κ3) is 5.06. The van der Waals surface area contributed by atoms with Crippen LogP contribution < -0.4 is 10.1 Å². The average Bonchev–Trinajstić information content (AvgIpc) is 2.78. The zero-order valence-corrected chi connectivity index (χ0v) is 13.1. The predicted molar refractivity (Wildman–Crippen MR) is 82.8 cm³/mol. The van der Waals surface area contributed by atoms with Gasteiger partial charge in [-0.05, 0) is 57.2 Å². The fourth-order valence-electron chi connectivity index (χ4n) is 2.43. The number of aryl methyl sites for hydroxylation is 1. The molecule has 120 valence electrons. The largest absolute Gasteiger partial charge is 0.491 e. The van der Waals surface area contributed by atoms with Crippen molar-refractivity contribution in [1.29, 1.82) is 0 Å². The summed E-state index contributed by atoms with van der Waals surface area (Å²) in [6.45, 7) is 4.02. The van der Waals surface area contributed by atoms with Gasteiger partial charge in [0.1, 0.15) is 5.75 Å². The second-order valence-corrected chi connectivity index (χ2v) is 5.79. The van der Waals surface area contributed by atoms with Crippen molar-refractivity contribution in [3.63, 3.8) is 0 Å². The van der Waals surface area contributed by atoms with Gasteiger partial charge in [0.2, 0.25) is 0 Å². The quantitative estimate of drug-likeness (QED) is 0.749. The van der Waals surface area contributed by atoms with E-state index in [2.05, 4.69) is 17.4 Å². The lowest BCUT2D eigenvalue weighted by molar-refractivity contribution is -0.123. The first kappa shape index (κ1) is 16.3. The monoisotopic (exact) mass is 305 g/mol. The van der Waals surface area contributed by atoms with Gasteiger partial charge >= 0.3 is 6.09 Å². The van der Waals surface area contributed by atoms with E-state index in [0.29, 0.717) is 6.42 Å². The SMILES string of the molecule is CC(C)Oc1ccc(CCCCCC2OC(=O)NC2=O)cc1. The summed E-state index contributed by atoms with van der Waals surface area (Å²) in [5.41, 5.74) is 1.28. The number of unbranched alkanes of at least 4 members (excludes halogenated alkanes) is 2. The standard InChI is InChI=1S/C17H23NO4/c1-12(2)21-14-10-8-13(9-11-14)6-4-3-5-7-15-16(19)18-17(20)22-15/h8-12,15H,3-7H2,1-2H3,(H,18,19,20). The zero-order chi connectivity index (χ0) is 15.9.